The maximum Gasteiger partial charge on any atom is 0.338 e. The Hall–Kier alpha value is -1.71. The highest BCUT2D eigenvalue weighted by Gasteiger charge is 2.11. The van der Waals surface area contributed by atoms with Gasteiger partial charge in [0, 0.05) is 11.8 Å². The van der Waals surface area contributed by atoms with Crippen LogP contribution in [0.15, 0.2) is 18.2 Å². The fourth-order valence-corrected chi connectivity index (χ4v) is 1.41. The molecule has 0 bridgehead atoms. The number of anilines is 1. The Morgan fingerprint density at radius 3 is 2.32 bits per heavy atom. The Bertz CT molecular complexity index is 427. The largest absolute Gasteiger partial charge is 0.493 e. The van der Waals surface area contributed by atoms with Gasteiger partial charge in [0.05, 0.1) is 18.8 Å². The molecule has 4 nitrogen and oxygen atoms in total. The van der Waals surface area contributed by atoms with Crippen LogP contribution in [0.3, 0.4) is 0 Å². The van der Waals surface area contributed by atoms with Crippen LogP contribution >= 0.6 is 0 Å². The zero-order valence-corrected chi connectivity index (χ0v) is 12.1. The van der Waals surface area contributed by atoms with Crippen molar-refractivity contribution < 1.29 is 14.3 Å². The average molecular weight is 265 g/mol. The summed E-state index contributed by atoms with van der Waals surface area (Å²) in [7, 11) is 0. The molecule has 0 aliphatic carbocycles. The van der Waals surface area contributed by atoms with E-state index in [0.29, 0.717) is 42.0 Å². The minimum Gasteiger partial charge on any atom is -0.493 e. The van der Waals surface area contributed by atoms with Gasteiger partial charge in [0.2, 0.25) is 0 Å². The lowest BCUT2D eigenvalue weighted by atomic mass is 10.2. The Morgan fingerprint density at radius 2 is 1.74 bits per heavy atom. The van der Waals surface area contributed by atoms with Crippen molar-refractivity contribution in [3.05, 3.63) is 23.8 Å². The molecule has 0 radical (unpaired) electrons. The van der Waals surface area contributed by atoms with Crippen LogP contribution in [0.4, 0.5) is 5.69 Å². The number of carbonyl (C=O) groups is 1. The number of carbonyl (C=O) groups excluding carboxylic acids is 1. The van der Waals surface area contributed by atoms with Gasteiger partial charge in [-0.05, 0) is 24.0 Å². The van der Waals surface area contributed by atoms with Crippen LogP contribution in [-0.4, -0.2) is 19.2 Å². The van der Waals surface area contributed by atoms with Crippen molar-refractivity contribution in [1.29, 1.82) is 0 Å². The molecular weight excluding hydrogens is 242 g/mol. The average Bonchev–Trinajstić information content (AvgIpc) is 2.32. The van der Waals surface area contributed by atoms with Crippen LogP contribution < -0.4 is 10.5 Å². The van der Waals surface area contributed by atoms with Gasteiger partial charge in [0.25, 0.3) is 0 Å². The molecule has 0 fully saturated rings. The molecule has 4 heteroatoms. The van der Waals surface area contributed by atoms with Crippen LogP contribution in [0.5, 0.6) is 5.75 Å². The highest BCUT2D eigenvalue weighted by molar-refractivity contribution is 5.91. The molecule has 0 unspecified atom stereocenters. The van der Waals surface area contributed by atoms with Crippen LogP contribution in [0.25, 0.3) is 0 Å². The van der Waals surface area contributed by atoms with Crippen molar-refractivity contribution >= 4 is 11.7 Å². The maximum absolute atomic E-state index is 11.9. The van der Waals surface area contributed by atoms with Crippen molar-refractivity contribution in [3.63, 3.8) is 0 Å². The zero-order valence-electron chi connectivity index (χ0n) is 12.1. The number of nitrogens with two attached hydrogens (primary N) is 1. The summed E-state index contributed by atoms with van der Waals surface area (Å²) in [5.74, 6) is 0.958. The van der Waals surface area contributed by atoms with Gasteiger partial charge in [-0.2, -0.15) is 0 Å². The van der Waals surface area contributed by atoms with Crippen LogP contribution in [-0.2, 0) is 4.74 Å². The molecule has 0 amide bonds. The molecule has 1 aromatic carbocycles. The third-order valence-electron chi connectivity index (χ3n) is 2.30. The Kier molecular flexibility index (Phi) is 5.67. The first kappa shape index (κ1) is 15.3. The second kappa shape index (κ2) is 7.02. The number of benzene rings is 1. The third-order valence-corrected chi connectivity index (χ3v) is 2.30. The molecular formula is C15H23NO3. The highest BCUT2D eigenvalue weighted by Crippen LogP contribution is 2.20. The van der Waals surface area contributed by atoms with E-state index in [0.717, 1.165) is 0 Å². The van der Waals surface area contributed by atoms with Crippen molar-refractivity contribution in [3.8, 4) is 5.75 Å². The quantitative estimate of drug-likeness (QED) is 0.634. The third kappa shape index (κ3) is 5.64. The maximum atomic E-state index is 11.9. The topological polar surface area (TPSA) is 61.5 Å². The summed E-state index contributed by atoms with van der Waals surface area (Å²) in [5, 5.41) is 0. The number of esters is 1. The minimum absolute atomic E-state index is 0.307. The molecule has 0 heterocycles. The Labute approximate surface area is 114 Å². The number of hydrogen-bond donors (Lipinski definition) is 1. The number of ether oxygens (including phenoxy) is 2. The molecule has 0 saturated heterocycles. The lowest BCUT2D eigenvalue weighted by Gasteiger charge is -2.12. The minimum atomic E-state index is -0.365. The molecule has 0 spiro atoms. The number of rotatable bonds is 6. The first-order chi connectivity index (χ1) is 8.88. The molecule has 0 aliphatic heterocycles. The normalized spacial score (nSPS) is 10.8. The zero-order chi connectivity index (χ0) is 14.4. The van der Waals surface area contributed by atoms with E-state index >= 15 is 0 Å². The van der Waals surface area contributed by atoms with Crippen molar-refractivity contribution in [2.24, 2.45) is 11.8 Å². The van der Waals surface area contributed by atoms with E-state index in [9.17, 15) is 4.79 Å². The van der Waals surface area contributed by atoms with Gasteiger partial charge < -0.3 is 15.2 Å². The number of nitrogen functional groups attached to an aromatic ring is 1. The SMILES string of the molecule is CC(C)COC(=O)c1cc(N)cc(OCC(C)C)c1. The van der Waals surface area contributed by atoms with Gasteiger partial charge in [0.15, 0.2) is 0 Å². The summed E-state index contributed by atoms with van der Waals surface area (Å²) in [6.45, 7) is 9.08. The van der Waals surface area contributed by atoms with E-state index in [-0.39, 0.29) is 5.97 Å². The van der Waals surface area contributed by atoms with Crippen LogP contribution in [0, 0.1) is 11.8 Å². The summed E-state index contributed by atoms with van der Waals surface area (Å²) >= 11 is 0. The first-order valence-electron chi connectivity index (χ1n) is 6.59. The fraction of sp³-hybridized carbons (Fsp3) is 0.533. The number of hydrogen-bond acceptors (Lipinski definition) is 4. The summed E-state index contributed by atoms with van der Waals surface area (Å²) in [4.78, 5) is 11.9. The van der Waals surface area contributed by atoms with Gasteiger partial charge >= 0.3 is 5.97 Å². The van der Waals surface area contributed by atoms with Crippen LogP contribution in [0.1, 0.15) is 38.1 Å². The van der Waals surface area contributed by atoms with Crippen LogP contribution in [0.2, 0.25) is 0 Å². The molecule has 106 valence electrons. The second-order valence-corrected chi connectivity index (χ2v) is 5.49. The highest BCUT2D eigenvalue weighted by atomic mass is 16.5. The predicted octanol–water partition coefficient (Wildman–Crippen LogP) is 3.12. The van der Waals surface area contributed by atoms with Gasteiger partial charge in [-0.15, -0.1) is 0 Å². The van der Waals surface area contributed by atoms with Crippen molar-refractivity contribution in [1.82, 2.24) is 0 Å². The van der Waals surface area contributed by atoms with Gasteiger partial charge in [-0.1, -0.05) is 27.7 Å². The lowest BCUT2D eigenvalue weighted by Crippen LogP contribution is -2.11. The molecule has 0 atom stereocenters. The molecule has 0 aliphatic rings. The van der Waals surface area contributed by atoms with Crippen molar-refractivity contribution in [2.75, 3.05) is 18.9 Å². The van der Waals surface area contributed by atoms with Gasteiger partial charge in [-0.3, -0.25) is 0 Å². The monoisotopic (exact) mass is 265 g/mol. The lowest BCUT2D eigenvalue weighted by molar-refractivity contribution is 0.0458. The standard InChI is InChI=1S/C15H23NO3/c1-10(2)8-18-14-6-12(5-13(16)7-14)15(17)19-9-11(3)4/h5-7,10-11H,8-9,16H2,1-4H3. The smallest absolute Gasteiger partial charge is 0.338 e. The summed E-state index contributed by atoms with van der Waals surface area (Å²) in [6, 6.07) is 4.98. The van der Waals surface area contributed by atoms with Gasteiger partial charge in [-0.25, -0.2) is 4.79 Å². The van der Waals surface area contributed by atoms with Crippen molar-refractivity contribution in [2.45, 2.75) is 27.7 Å². The second-order valence-electron chi connectivity index (χ2n) is 5.49. The van der Waals surface area contributed by atoms with E-state index < -0.39 is 0 Å². The Morgan fingerprint density at radius 1 is 1.11 bits per heavy atom. The van der Waals surface area contributed by atoms with E-state index in [1.165, 1.54) is 0 Å². The molecule has 1 aromatic rings. The van der Waals surface area contributed by atoms with E-state index in [2.05, 4.69) is 13.8 Å². The molecule has 2 N–H and O–H groups in total. The molecule has 1 rings (SSSR count). The van der Waals surface area contributed by atoms with E-state index in [4.69, 9.17) is 15.2 Å². The first-order valence-corrected chi connectivity index (χ1v) is 6.59. The predicted molar refractivity (Wildman–Crippen MR) is 76.3 cm³/mol. The molecule has 19 heavy (non-hydrogen) atoms. The molecule has 0 saturated carbocycles. The molecule has 0 aromatic heterocycles. The Balaban J connectivity index is 2.75. The van der Waals surface area contributed by atoms with E-state index in [1.807, 2.05) is 13.8 Å². The van der Waals surface area contributed by atoms with E-state index in [1.54, 1.807) is 18.2 Å². The summed E-state index contributed by atoms with van der Waals surface area (Å²) in [5.41, 5.74) is 6.70. The van der Waals surface area contributed by atoms with Gasteiger partial charge in [0.1, 0.15) is 5.75 Å². The summed E-state index contributed by atoms with van der Waals surface area (Å²) < 4.78 is 10.8. The fourth-order valence-electron chi connectivity index (χ4n) is 1.41. The summed E-state index contributed by atoms with van der Waals surface area (Å²) in [6.07, 6.45) is 0.